The van der Waals surface area contributed by atoms with Crippen LogP contribution in [-0.2, 0) is 32.8 Å². The number of thiazole rings is 1. The highest BCUT2D eigenvalue weighted by molar-refractivity contribution is 8.00. The summed E-state index contributed by atoms with van der Waals surface area (Å²) in [7, 11) is 3.15. The molecule has 14 heteroatoms. The Kier molecular flexibility index (Phi) is 6.12. The number of rotatable bonds is 7. The zero-order valence-electron chi connectivity index (χ0n) is 18.0. The molecule has 2 aromatic heterocycles. The van der Waals surface area contributed by atoms with E-state index in [2.05, 4.69) is 15.5 Å². The lowest BCUT2D eigenvalue weighted by Crippen LogP contribution is -2.71. The van der Waals surface area contributed by atoms with Gasteiger partial charge in [-0.15, -0.1) is 27.8 Å². The summed E-state index contributed by atoms with van der Waals surface area (Å²) in [6, 6.07) is 1.02. The molecule has 4 rings (SSSR count). The molecule has 33 heavy (non-hydrogen) atoms. The molecule has 2 aliphatic rings. The van der Waals surface area contributed by atoms with Crippen LogP contribution in [0.15, 0.2) is 34.1 Å². The molecular formula is C19H22N7O5S2+. The highest BCUT2D eigenvalue weighted by atomic mass is 32.2. The van der Waals surface area contributed by atoms with Crippen molar-refractivity contribution in [2.75, 3.05) is 18.6 Å². The monoisotopic (exact) mass is 492 g/mol. The minimum atomic E-state index is -1.18. The normalized spacial score (nSPS) is 20.4. The summed E-state index contributed by atoms with van der Waals surface area (Å²) < 4.78 is 3.79. The minimum Gasteiger partial charge on any atom is -0.477 e. The van der Waals surface area contributed by atoms with Gasteiger partial charge in [-0.25, -0.2) is 9.78 Å². The first kappa shape index (κ1) is 22.8. The Labute approximate surface area is 196 Å². The number of carbonyl (C=O) groups excluding carboxylic acids is 2. The number of aromatic nitrogens is 3. The lowest BCUT2D eigenvalue weighted by molar-refractivity contribution is -0.753. The number of aryl methyl sites for hydroxylation is 2. The number of hydrogen-bond donors (Lipinski definition) is 3. The number of carboxylic acids is 1. The molecule has 2 amide bonds. The molecule has 2 atom stereocenters. The van der Waals surface area contributed by atoms with Crippen LogP contribution in [0.1, 0.15) is 11.4 Å². The largest absolute Gasteiger partial charge is 0.477 e. The maximum atomic E-state index is 12.9. The van der Waals surface area contributed by atoms with Gasteiger partial charge in [-0.05, 0) is 12.5 Å². The maximum Gasteiger partial charge on any atom is 0.352 e. The van der Waals surface area contributed by atoms with Gasteiger partial charge in [-0.3, -0.25) is 14.5 Å². The fourth-order valence-corrected chi connectivity index (χ4v) is 5.64. The molecule has 1 fully saturated rings. The predicted octanol–water partition coefficient (Wildman–Crippen LogP) is -0.551. The van der Waals surface area contributed by atoms with Gasteiger partial charge >= 0.3 is 5.97 Å². The van der Waals surface area contributed by atoms with E-state index in [0.717, 1.165) is 17.0 Å². The van der Waals surface area contributed by atoms with Crippen LogP contribution in [0, 0.1) is 6.92 Å². The van der Waals surface area contributed by atoms with Gasteiger partial charge in [-0.1, -0.05) is 5.16 Å². The van der Waals surface area contributed by atoms with E-state index in [0.29, 0.717) is 17.9 Å². The van der Waals surface area contributed by atoms with Crippen molar-refractivity contribution in [2.45, 2.75) is 24.9 Å². The van der Waals surface area contributed by atoms with Crippen LogP contribution in [0.5, 0.6) is 0 Å². The van der Waals surface area contributed by atoms with E-state index in [1.807, 2.05) is 35.6 Å². The third-order valence-electron chi connectivity index (χ3n) is 5.36. The molecule has 0 spiro atoms. The molecule has 0 saturated carbocycles. The van der Waals surface area contributed by atoms with Crippen LogP contribution < -0.4 is 15.7 Å². The van der Waals surface area contributed by atoms with Crippen LogP contribution in [0.2, 0.25) is 0 Å². The standard InChI is InChI=1S/C19H21N7O5S2/c1-9-4-5-24(2)25(9)6-10-7-32-17-13(16(28)26(17)14(10)18(29)30)22-15(27)12(23-31-3)11-8-33-19(20)21-11/h4-5,8,13,17H,6-7H2,1-3H3,(H3-,20,21,22,27,29,30)/p+1/t13-,17-/m1/s1. The first-order valence-electron chi connectivity index (χ1n) is 9.78. The SMILES string of the molecule is CON=C(C(=O)N[C@@H]1C(=O)N2C(C(=O)O)=C(Cn3c(C)cc[n+]3C)CS[C@H]12)c1csc(N)n1. The Balaban J connectivity index is 1.55. The Morgan fingerprint density at radius 2 is 2.24 bits per heavy atom. The molecule has 1 saturated heterocycles. The number of hydrogen-bond acceptors (Lipinski definition) is 9. The molecule has 0 bridgehead atoms. The van der Waals surface area contributed by atoms with E-state index in [4.69, 9.17) is 10.6 Å². The first-order chi connectivity index (χ1) is 15.7. The number of β-lactam (4-membered cyclic amide) rings is 1. The van der Waals surface area contributed by atoms with Gasteiger partial charge in [0, 0.05) is 17.2 Å². The average Bonchev–Trinajstić information content (AvgIpc) is 3.35. The van der Waals surface area contributed by atoms with Crippen molar-refractivity contribution in [2.24, 2.45) is 12.2 Å². The summed E-state index contributed by atoms with van der Waals surface area (Å²) in [6.45, 7) is 2.27. The lowest BCUT2D eigenvalue weighted by atomic mass is 10.0. The number of aliphatic carboxylic acids is 1. The summed E-state index contributed by atoms with van der Waals surface area (Å²) in [6.07, 6.45) is 1.88. The molecular weight excluding hydrogens is 470 g/mol. The Bertz CT molecular complexity index is 1180. The van der Waals surface area contributed by atoms with Crippen molar-refractivity contribution < 1.29 is 29.0 Å². The molecule has 0 aliphatic carbocycles. The number of nitrogen functional groups attached to an aromatic ring is 1. The summed E-state index contributed by atoms with van der Waals surface area (Å²) in [5.74, 6) is -1.94. The van der Waals surface area contributed by atoms with Crippen LogP contribution in [0.3, 0.4) is 0 Å². The van der Waals surface area contributed by atoms with E-state index >= 15 is 0 Å². The van der Waals surface area contributed by atoms with Gasteiger partial charge in [0.05, 0.1) is 5.69 Å². The fourth-order valence-electron chi connectivity index (χ4n) is 3.75. The van der Waals surface area contributed by atoms with Crippen molar-refractivity contribution in [1.29, 1.82) is 0 Å². The maximum absolute atomic E-state index is 12.9. The van der Waals surface area contributed by atoms with Crippen molar-refractivity contribution in [3.05, 3.63) is 40.3 Å². The molecule has 12 nitrogen and oxygen atoms in total. The van der Waals surface area contributed by atoms with Gasteiger partial charge in [0.15, 0.2) is 24.1 Å². The average molecular weight is 493 g/mol. The molecule has 2 aromatic rings. The first-order valence-corrected chi connectivity index (χ1v) is 11.7. The topological polar surface area (TPSA) is 156 Å². The van der Waals surface area contributed by atoms with Gasteiger partial charge in [-0.2, -0.15) is 4.68 Å². The fraction of sp³-hybridized carbons (Fsp3) is 0.368. The molecule has 4 heterocycles. The van der Waals surface area contributed by atoms with Crippen molar-refractivity contribution in [3.63, 3.8) is 0 Å². The second-order valence-corrected chi connectivity index (χ2v) is 9.39. The number of oxime groups is 1. The van der Waals surface area contributed by atoms with Crippen LogP contribution in [0.4, 0.5) is 5.13 Å². The van der Waals surface area contributed by atoms with E-state index in [1.165, 1.54) is 23.8 Å². The van der Waals surface area contributed by atoms with Crippen molar-refractivity contribution >= 4 is 51.7 Å². The van der Waals surface area contributed by atoms with Crippen LogP contribution in [-0.4, -0.2) is 67.4 Å². The number of carboxylic acid groups (broad SMARTS) is 1. The molecule has 4 N–H and O–H groups in total. The molecule has 0 unspecified atom stereocenters. The summed E-state index contributed by atoms with van der Waals surface area (Å²) in [5, 5.41) is 17.5. The highest BCUT2D eigenvalue weighted by Crippen LogP contribution is 2.40. The molecule has 0 aromatic carbocycles. The Morgan fingerprint density at radius 1 is 1.48 bits per heavy atom. The van der Waals surface area contributed by atoms with E-state index in [-0.39, 0.29) is 22.2 Å². The Hall–Kier alpha value is -3.39. The number of fused-ring (bicyclic) bond motifs is 1. The molecule has 0 radical (unpaired) electrons. The zero-order valence-corrected chi connectivity index (χ0v) is 19.6. The molecule has 2 aliphatic heterocycles. The van der Waals surface area contributed by atoms with E-state index in [9.17, 15) is 19.5 Å². The number of anilines is 1. The quantitative estimate of drug-likeness (QED) is 0.201. The number of nitrogens with zero attached hydrogens (tertiary/aromatic N) is 5. The van der Waals surface area contributed by atoms with Crippen LogP contribution >= 0.6 is 23.1 Å². The van der Waals surface area contributed by atoms with Crippen molar-refractivity contribution in [3.8, 4) is 0 Å². The lowest BCUT2D eigenvalue weighted by Gasteiger charge is -2.49. The third-order valence-corrected chi connectivity index (χ3v) is 7.37. The second-order valence-electron chi connectivity index (χ2n) is 7.40. The number of thioether (sulfide) groups is 1. The summed E-state index contributed by atoms with van der Waals surface area (Å²) >= 11 is 2.53. The minimum absolute atomic E-state index is 0.0413. The third kappa shape index (κ3) is 4.06. The number of amides is 2. The van der Waals surface area contributed by atoms with Gasteiger partial charge in [0.2, 0.25) is 0 Å². The molecule has 174 valence electrons. The predicted molar refractivity (Wildman–Crippen MR) is 120 cm³/mol. The zero-order chi connectivity index (χ0) is 23.9. The Morgan fingerprint density at radius 3 is 2.82 bits per heavy atom. The number of nitrogens with one attached hydrogen (secondary N) is 1. The smallest absolute Gasteiger partial charge is 0.352 e. The summed E-state index contributed by atoms with van der Waals surface area (Å²) in [5.41, 5.74) is 7.28. The van der Waals surface area contributed by atoms with E-state index in [1.54, 1.807) is 5.38 Å². The van der Waals surface area contributed by atoms with Crippen molar-refractivity contribution in [1.82, 2.24) is 19.9 Å². The highest BCUT2D eigenvalue weighted by Gasteiger charge is 2.54. The number of nitrogens with two attached hydrogens (primary N) is 1. The van der Waals surface area contributed by atoms with Gasteiger partial charge in [0.25, 0.3) is 11.8 Å². The van der Waals surface area contributed by atoms with Gasteiger partial charge in [0.1, 0.15) is 36.5 Å². The summed E-state index contributed by atoms with van der Waals surface area (Å²) in [4.78, 5) is 47.9. The van der Waals surface area contributed by atoms with Crippen LogP contribution in [0.25, 0.3) is 0 Å². The second kappa shape index (κ2) is 8.86. The van der Waals surface area contributed by atoms with Gasteiger partial charge < -0.3 is 21.0 Å². The number of carbonyl (C=O) groups is 3. The van der Waals surface area contributed by atoms with E-state index < -0.39 is 29.2 Å².